The maximum atomic E-state index is 12.7. The Labute approximate surface area is 153 Å². The first-order valence-electron chi connectivity index (χ1n) is 7.92. The van der Waals surface area contributed by atoms with Crippen LogP contribution in [0.2, 0.25) is 0 Å². The van der Waals surface area contributed by atoms with E-state index in [1.54, 1.807) is 0 Å². The number of allylic oxidation sites excluding steroid dienone is 1. The van der Waals surface area contributed by atoms with E-state index in [2.05, 4.69) is 27.8 Å². The summed E-state index contributed by atoms with van der Waals surface area (Å²) in [5, 5.41) is 0. The number of unbranched alkanes of at least 4 members (excludes halogenated alkanes) is 1. The molecule has 1 rings (SSSR count). The van der Waals surface area contributed by atoms with E-state index in [-0.39, 0.29) is 17.8 Å². The molecule has 0 saturated carbocycles. The molecule has 0 N–H and O–H groups in total. The summed E-state index contributed by atoms with van der Waals surface area (Å²) >= 11 is 3.40. The number of carbonyl (C=O) groups excluding carboxylic acids is 1. The second-order valence-electron chi connectivity index (χ2n) is 5.95. The van der Waals surface area contributed by atoms with Crippen molar-refractivity contribution in [2.45, 2.75) is 45.6 Å². The molecule has 0 aliphatic heterocycles. The van der Waals surface area contributed by atoms with Gasteiger partial charge in [-0.05, 0) is 42.5 Å². The van der Waals surface area contributed by atoms with Gasteiger partial charge in [-0.3, -0.25) is 4.79 Å². The van der Waals surface area contributed by atoms with Gasteiger partial charge in [0.25, 0.3) is 0 Å². The van der Waals surface area contributed by atoms with Crippen molar-refractivity contribution in [2.75, 3.05) is 0 Å². The van der Waals surface area contributed by atoms with E-state index in [1.165, 1.54) is 0 Å². The van der Waals surface area contributed by atoms with Crippen LogP contribution >= 0.6 is 15.9 Å². The molecule has 2 unspecified atom stereocenters. The van der Waals surface area contributed by atoms with Crippen LogP contribution in [0, 0.1) is 30.6 Å². The first-order valence-corrected chi connectivity index (χ1v) is 8.72. The molecule has 0 fully saturated rings. The summed E-state index contributed by atoms with van der Waals surface area (Å²) in [6, 6.07) is 7.69. The first kappa shape index (κ1) is 20.1. The summed E-state index contributed by atoms with van der Waals surface area (Å²) in [6.45, 7) is 5.85. The summed E-state index contributed by atoms with van der Waals surface area (Å²) < 4.78 is 6.56. The Bertz CT molecular complexity index is 657. The van der Waals surface area contributed by atoms with Crippen LogP contribution in [0.3, 0.4) is 0 Å². The summed E-state index contributed by atoms with van der Waals surface area (Å²) in [6.07, 6.45) is 13.4. The summed E-state index contributed by atoms with van der Waals surface area (Å²) in [5.74, 6) is 4.56. The van der Waals surface area contributed by atoms with Crippen molar-refractivity contribution < 1.29 is 9.53 Å². The fourth-order valence-electron chi connectivity index (χ4n) is 2.40. The summed E-state index contributed by atoms with van der Waals surface area (Å²) in [4.78, 5) is 12.7. The van der Waals surface area contributed by atoms with Crippen LogP contribution in [-0.2, 0) is 9.53 Å². The summed E-state index contributed by atoms with van der Waals surface area (Å²) in [7, 11) is 0. The lowest BCUT2D eigenvalue weighted by Crippen LogP contribution is -2.26. The van der Waals surface area contributed by atoms with Crippen molar-refractivity contribution in [1.82, 2.24) is 0 Å². The Balaban J connectivity index is 2.91. The lowest BCUT2D eigenvalue weighted by Gasteiger charge is -2.22. The van der Waals surface area contributed by atoms with E-state index < -0.39 is 6.10 Å². The van der Waals surface area contributed by atoms with Crippen molar-refractivity contribution in [3.8, 4) is 24.7 Å². The topological polar surface area (TPSA) is 26.3 Å². The standard InChI is InChI=1S/C21H23BrO2/c1-6-8-9-10-16(5)19(7-2)24-21(23)20(15(3)4)17-11-13-18(22)14-12-17/h1-2,10-15,19-20H,8-9H2,3-5H3/b16-10+. The molecule has 0 saturated heterocycles. The molecule has 0 spiro atoms. The molecule has 0 aromatic heterocycles. The summed E-state index contributed by atoms with van der Waals surface area (Å²) in [5.41, 5.74) is 1.75. The third-order valence-corrected chi connectivity index (χ3v) is 4.23. The number of benzene rings is 1. The maximum absolute atomic E-state index is 12.7. The van der Waals surface area contributed by atoms with Crippen molar-refractivity contribution in [3.63, 3.8) is 0 Å². The van der Waals surface area contributed by atoms with Gasteiger partial charge in [0, 0.05) is 10.9 Å². The highest BCUT2D eigenvalue weighted by atomic mass is 79.9. The van der Waals surface area contributed by atoms with E-state index in [1.807, 2.05) is 51.1 Å². The van der Waals surface area contributed by atoms with Crippen LogP contribution in [0.25, 0.3) is 0 Å². The van der Waals surface area contributed by atoms with E-state index in [4.69, 9.17) is 17.6 Å². The average molecular weight is 387 g/mol. The van der Waals surface area contributed by atoms with Gasteiger partial charge in [-0.15, -0.1) is 18.8 Å². The van der Waals surface area contributed by atoms with Crippen molar-refractivity contribution in [1.29, 1.82) is 0 Å². The van der Waals surface area contributed by atoms with E-state index in [9.17, 15) is 4.79 Å². The molecule has 0 heterocycles. The molecule has 3 heteroatoms. The Kier molecular flexibility index (Phi) is 8.37. The van der Waals surface area contributed by atoms with Gasteiger partial charge in [-0.1, -0.05) is 53.9 Å². The van der Waals surface area contributed by atoms with Gasteiger partial charge in [0.2, 0.25) is 0 Å². The molecule has 24 heavy (non-hydrogen) atoms. The zero-order valence-corrected chi connectivity index (χ0v) is 16.0. The van der Waals surface area contributed by atoms with E-state index >= 15 is 0 Å². The molecule has 1 aromatic rings. The number of esters is 1. The maximum Gasteiger partial charge on any atom is 0.315 e. The van der Waals surface area contributed by atoms with Crippen LogP contribution in [0.15, 0.2) is 40.4 Å². The van der Waals surface area contributed by atoms with E-state index in [0.29, 0.717) is 6.42 Å². The van der Waals surface area contributed by atoms with Gasteiger partial charge in [0.05, 0.1) is 5.92 Å². The highest BCUT2D eigenvalue weighted by Gasteiger charge is 2.28. The molecule has 0 amide bonds. The molecule has 1 aromatic carbocycles. The second-order valence-corrected chi connectivity index (χ2v) is 6.86. The molecule has 0 aliphatic carbocycles. The number of ether oxygens (including phenoxy) is 1. The zero-order chi connectivity index (χ0) is 18.1. The van der Waals surface area contributed by atoms with Crippen molar-refractivity contribution in [2.24, 2.45) is 5.92 Å². The predicted molar refractivity (Wildman–Crippen MR) is 102 cm³/mol. The molecule has 2 nitrogen and oxygen atoms in total. The van der Waals surface area contributed by atoms with Crippen LogP contribution in [0.1, 0.15) is 45.1 Å². The minimum absolute atomic E-state index is 0.0998. The highest BCUT2D eigenvalue weighted by Crippen LogP contribution is 2.28. The van der Waals surface area contributed by atoms with Gasteiger partial charge < -0.3 is 4.74 Å². The molecular weight excluding hydrogens is 364 g/mol. The molecule has 0 bridgehead atoms. The molecule has 0 radical (unpaired) electrons. The van der Waals surface area contributed by atoms with Gasteiger partial charge in [-0.25, -0.2) is 0 Å². The Morgan fingerprint density at radius 3 is 2.42 bits per heavy atom. The van der Waals surface area contributed by atoms with Crippen molar-refractivity contribution in [3.05, 3.63) is 46.0 Å². The lowest BCUT2D eigenvalue weighted by molar-refractivity contribution is -0.148. The second kappa shape index (κ2) is 10.0. The predicted octanol–water partition coefficient (Wildman–Crippen LogP) is 5.09. The first-order chi connectivity index (χ1) is 11.4. The van der Waals surface area contributed by atoms with E-state index in [0.717, 1.165) is 22.0 Å². The number of hydrogen-bond donors (Lipinski definition) is 0. The lowest BCUT2D eigenvalue weighted by atomic mass is 9.88. The van der Waals surface area contributed by atoms with Crippen LogP contribution in [-0.4, -0.2) is 12.1 Å². The largest absolute Gasteiger partial charge is 0.444 e. The minimum Gasteiger partial charge on any atom is -0.444 e. The zero-order valence-electron chi connectivity index (χ0n) is 14.4. The minimum atomic E-state index is -0.660. The third kappa shape index (κ3) is 5.91. The fourth-order valence-corrected chi connectivity index (χ4v) is 2.67. The van der Waals surface area contributed by atoms with Gasteiger partial charge >= 0.3 is 5.97 Å². The number of terminal acetylenes is 2. The number of hydrogen-bond acceptors (Lipinski definition) is 2. The number of carbonyl (C=O) groups is 1. The van der Waals surface area contributed by atoms with Crippen LogP contribution in [0.4, 0.5) is 0 Å². The van der Waals surface area contributed by atoms with Crippen LogP contribution in [0.5, 0.6) is 0 Å². The molecular formula is C21H23BrO2. The monoisotopic (exact) mass is 386 g/mol. The normalized spacial score (nSPS) is 13.7. The molecule has 126 valence electrons. The van der Waals surface area contributed by atoms with Gasteiger partial charge in [0.15, 0.2) is 6.10 Å². The SMILES string of the molecule is C#CCC/C=C(\C)C(C#C)OC(=O)C(c1ccc(Br)cc1)C(C)C. The Morgan fingerprint density at radius 2 is 1.92 bits per heavy atom. The van der Waals surface area contributed by atoms with Crippen LogP contribution < -0.4 is 0 Å². The Hall–Kier alpha value is -1.97. The quantitative estimate of drug-likeness (QED) is 0.282. The third-order valence-electron chi connectivity index (χ3n) is 3.70. The fraction of sp³-hybridized carbons (Fsp3) is 0.381. The van der Waals surface area contributed by atoms with Crippen molar-refractivity contribution >= 4 is 21.9 Å². The Morgan fingerprint density at radius 1 is 1.29 bits per heavy atom. The molecule has 2 atom stereocenters. The van der Waals surface area contributed by atoms with Gasteiger partial charge in [0.1, 0.15) is 0 Å². The number of rotatable bonds is 7. The molecule has 0 aliphatic rings. The smallest absolute Gasteiger partial charge is 0.315 e. The van der Waals surface area contributed by atoms with Gasteiger partial charge in [-0.2, -0.15) is 0 Å². The average Bonchev–Trinajstić information content (AvgIpc) is 2.54. The highest BCUT2D eigenvalue weighted by molar-refractivity contribution is 9.10. The number of halogens is 1.